The van der Waals surface area contributed by atoms with Gasteiger partial charge in [-0.2, -0.15) is 0 Å². The highest BCUT2D eigenvalue weighted by molar-refractivity contribution is 7.92. The molecule has 0 radical (unpaired) electrons. The van der Waals surface area contributed by atoms with Crippen LogP contribution >= 0.6 is 81.2 Å². The first-order valence-electron chi connectivity index (χ1n) is 42.4. The summed E-state index contributed by atoms with van der Waals surface area (Å²) >= 11 is 44.0. The SMILES string of the molecule is CC(=O)N1CCN(Cc2c(-c3ccc(Cl)cc3)nc3cnc(NS(C)(=O)=O)cn23)CC1.CC(=O)N1CCN(Cc2c(-c3ccc(Cl)cc3Cl)nc3ccc(N(C)S(C)(=O)=O)cn23)CC1.COCC(=O)N1CCN(Cc2c(-c3ccc(Cl)cc3Cl)nc3ccc(N(C)S(C)(=O)=O)cn23)CC1.CS(=O)(=O)Nc1ccc2nc(-c3ccc(Cl)cc3Cl)c(CN3CCN(C(=O)C4COC4)CC3)n2c1. The molecule has 5 fully saturated rings. The van der Waals surface area contributed by atoms with Crippen LogP contribution < -0.4 is 18.1 Å². The summed E-state index contributed by atoms with van der Waals surface area (Å²) in [7, 11) is -9.21. The van der Waals surface area contributed by atoms with E-state index in [-0.39, 0.29) is 42.0 Å². The molecule has 46 heteroatoms. The normalized spacial score (nSPS) is 15.8. The van der Waals surface area contributed by atoms with Crippen LogP contribution in [0, 0.1) is 5.92 Å². The summed E-state index contributed by atoms with van der Waals surface area (Å²) in [6, 6.07) is 33.8. The van der Waals surface area contributed by atoms with E-state index in [1.807, 2.05) is 74.8 Å². The summed E-state index contributed by atoms with van der Waals surface area (Å²) in [4.78, 5) is 87.8. The van der Waals surface area contributed by atoms with Crippen molar-refractivity contribution in [1.82, 2.24) is 81.7 Å². The number of hydrogen-bond donors (Lipinski definition) is 2. The first kappa shape index (κ1) is 100. The van der Waals surface area contributed by atoms with Gasteiger partial charge < -0.3 is 29.1 Å². The van der Waals surface area contributed by atoms with Gasteiger partial charge in [-0.25, -0.2) is 58.6 Å². The van der Waals surface area contributed by atoms with Crippen molar-refractivity contribution in [3.63, 3.8) is 0 Å². The highest BCUT2D eigenvalue weighted by Crippen LogP contribution is 2.40. The van der Waals surface area contributed by atoms with Gasteiger partial charge in [0, 0.05) is 227 Å². The van der Waals surface area contributed by atoms with E-state index < -0.39 is 40.1 Å². The summed E-state index contributed by atoms with van der Waals surface area (Å²) in [6.45, 7) is 17.3. The number of sulfonamides is 4. The molecule has 17 rings (SSSR count). The Kier molecular flexibility index (Phi) is 31.8. The Morgan fingerprint density at radius 1 is 0.418 bits per heavy atom. The minimum Gasteiger partial charge on any atom is -0.380 e. The second-order valence-corrected chi connectivity index (χ2v) is 43.6. The van der Waals surface area contributed by atoms with Gasteiger partial charge in [-0.15, -0.1) is 0 Å². The van der Waals surface area contributed by atoms with Crippen molar-refractivity contribution in [1.29, 1.82) is 0 Å². The molecule has 35 nitrogen and oxygen atoms in total. The number of nitrogens with one attached hydrogen (secondary N) is 2. The topological polar surface area (TPSA) is 362 Å². The quantitative estimate of drug-likeness (QED) is 0.0600. The van der Waals surface area contributed by atoms with Crippen molar-refractivity contribution < 1.29 is 62.3 Å². The fourth-order valence-electron chi connectivity index (χ4n) is 16.1. The molecule has 0 saturated carbocycles. The largest absolute Gasteiger partial charge is 0.380 e. The van der Waals surface area contributed by atoms with Gasteiger partial charge in [-0.1, -0.05) is 93.3 Å². The van der Waals surface area contributed by atoms with E-state index >= 15 is 0 Å². The highest BCUT2D eigenvalue weighted by atomic mass is 35.5. The van der Waals surface area contributed by atoms with Crippen LogP contribution in [0.3, 0.4) is 0 Å². The summed E-state index contributed by atoms with van der Waals surface area (Å²) in [5.74, 6) is 0.503. The van der Waals surface area contributed by atoms with Gasteiger partial charge in [0.1, 0.15) is 23.5 Å². The zero-order valence-electron chi connectivity index (χ0n) is 74.7. The number of hydrogen-bond acceptors (Lipinski definition) is 23. The molecule has 0 aliphatic carbocycles. The number of fused-ring (bicyclic) bond motifs is 4. The minimum atomic E-state index is -3.46. The van der Waals surface area contributed by atoms with Crippen LogP contribution in [0.4, 0.5) is 22.9 Å². The molecule has 0 spiro atoms. The lowest BCUT2D eigenvalue weighted by atomic mass is 10.1. The third kappa shape index (κ3) is 24.6. The summed E-state index contributed by atoms with van der Waals surface area (Å²) in [6.07, 6.45) is 13.0. The molecule has 4 amide bonds. The number of piperazine rings is 4. The van der Waals surface area contributed by atoms with E-state index in [1.165, 1.54) is 36.1 Å². The van der Waals surface area contributed by atoms with Gasteiger partial charge in [-0.3, -0.25) is 74.4 Å². The van der Waals surface area contributed by atoms with E-state index in [0.29, 0.717) is 210 Å². The van der Waals surface area contributed by atoms with Gasteiger partial charge in [0.15, 0.2) is 11.5 Å². The van der Waals surface area contributed by atoms with E-state index in [2.05, 4.69) is 34.0 Å². The fraction of sp³-hybridized carbons (Fsp3) is 0.375. The third-order valence-electron chi connectivity index (χ3n) is 23.5. The maximum atomic E-state index is 12.6. The van der Waals surface area contributed by atoms with Gasteiger partial charge in [0.05, 0.1) is 134 Å². The van der Waals surface area contributed by atoms with Gasteiger partial charge in [0.25, 0.3) is 0 Å². The Balaban J connectivity index is 0.000000144. The van der Waals surface area contributed by atoms with Crippen molar-refractivity contribution in [2.75, 3.05) is 189 Å². The van der Waals surface area contributed by atoms with Gasteiger partial charge >= 0.3 is 0 Å². The van der Waals surface area contributed by atoms with Crippen molar-refractivity contribution in [3.8, 4) is 45.0 Å². The molecule has 8 aromatic heterocycles. The van der Waals surface area contributed by atoms with Crippen LogP contribution in [0.2, 0.25) is 35.2 Å². The number of rotatable bonds is 23. The second kappa shape index (κ2) is 42.5. The number of methoxy groups -OCH3 is 1. The Labute approximate surface area is 812 Å². The van der Waals surface area contributed by atoms with E-state index in [4.69, 9.17) is 111 Å². The number of nitrogens with zero attached hydrogens (tertiary/aromatic N) is 19. The number of amides is 4. The molecular weight excluding hydrogens is 1950 g/mol. The number of halogens is 7. The molecule has 2 N–H and O–H groups in total. The van der Waals surface area contributed by atoms with Gasteiger partial charge in [-0.05, 0) is 103 Å². The van der Waals surface area contributed by atoms with Crippen molar-refractivity contribution in [3.05, 3.63) is 204 Å². The molecule has 13 heterocycles. The highest BCUT2D eigenvalue weighted by Gasteiger charge is 2.35. The van der Waals surface area contributed by atoms with Crippen LogP contribution in [0.15, 0.2) is 146 Å². The Hall–Kier alpha value is -9.76. The summed E-state index contributed by atoms with van der Waals surface area (Å²) in [5, 5.41) is 3.67. The number of aromatic nitrogens is 9. The second-order valence-electron chi connectivity index (χ2n) is 33.1. The van der Waals surface area contributed by atoms with E-state index in [1.54, 1.807) is 123 Å². The first-order chi connectivity index (χ1) is 63.5. The first-order valence-corrected chi connectivity index (χ1v) is 52.5. The standard InChI is InChI=1S/C23H25Cl2N5O4S.C23H27Cl2N5O4S.C22H25Cl2N5O3S.C20H23ClN6O3S/c1-35(32,33)27-17-3-5-21-26-22(18-4-2-16(24)10-19(18)25)20(30(21)11-17)12-28-6-8-29(9-7-28)23(31)15-13-34-14-15;1-27(35(3,32)33)17-5-7-21-26-23(18-6-4-16(24)12-19(18)25)20(30(21)13-17)14-28-8-10-29(11-9-28)22(31)15-34-2;1-15(30)28-10-8-27(9-11-28)14-20-22(18-6-4-16(23)12-19(18)24)25-21-7-5-17(13-29(20)21)26(2)33(3,31)32;1-14(28)26-9-7-25(8-10-26)12-17-20(15-3-5-16(21)6-4-15)23-19-11-22-18(13-27(17)19)24-31(2,29)30/h2-5,10-11,15,27H,6-9,12-14H2,1H3;4-7,12-13H,8-11,14-15H2,1-3H3;4-7,12-13H,8-11,14H2,1-3H3;3-6,11,13,24H,7-10,12H2,1-2H3. The maximum absolute atomic E-state index is 12.6. The average molecular weight is 2050 g/mol. The van der Waals surface area contributed by atoms with Crippen LogP contribution in [-0.4, -0.2) is 310 Å². The number of anilines is 4. The predicted molar refractivity (Wildman–Crippen MR) is 524 cm³/mol. The maximum Gasteiger partial charge on any atom is 0.248 e. The monoisotopic (exact) mass is 2050 g/mol. The summed E-state index contributed by atoms with van der Waals surface area (Å²) < 4.78 is 120. The smallest absolute Gasteiger partial charge is 0.248 e. The minimum absolute atomic E-state index is 0.0141. The molecular formula is C88H100Cl7N21O14S4. The molecule has 134 heavy (non-hydrogen) atoms. The molecule has 5 aliphatic heterocycles. The van der Waals surface area contributed by atoms with Gasteiger partial charge in [0.2, 0.25) is 63.7 Å². The fourth-order valence-corrected chi connectivity index (χ4v) is 19.7. The van der Waals surface area contributed by atoms with Crippen LogP contribution in [-0.2, 0) is 94.9 Å². The number of imidazole rings is 4. The third-order valence-corrected chi connectivity index (χ3v) is 29.0. The summed E-state index contributed by atoms with van der Waals surface area (Å²) in [5.41, 5.74) is 13.7. The van der Waals surface area contributed by atoms with Crippen molar-refractivity contribution >= 4 is 190 Å². The van der Waals surface area contributed by atoms with Crippen LogP contribution in [0.25, 0.3) is 67.6 Å². The number of carbonyl (C=O) groups is 4. The molecule has 4 aromatic carbocycles. The molecule has 5 aliphatic rings. The number of carbonyl (C=O) groups excluding carboxylic acids is 4. The van der Waals surface area contributed by atoms with Crippen molar-refractivity contribution in [2.24, 2.45) is 5.92 Å². The zero-order chi connectivity index (χ0) is 96.2. The zero-order valence-corrected chi connectivity index (χ0v) is 83.2. The van der Waals surface area contributed by atoms with Crippen LogP contribution in [0.1, 0.15) is 36.6 Å². The Morgan fingerprint density at radius 3 is 1.13 bits per heavy atom. The lowest BCUT2D eigenvalue weighted by molar-refractivity contribution is -0.151. The predicted octanol–water partition coefficient (Wildman–Crippen LogP) is 11.4. The Morgan fingerprint density at radius 2 is 0.769 bits per heavy atom. The van der Waals surface area contributed by atoms with E-state index in [0.717, 1.165) is 95.7 Å². The number of ether oxygens (including phenoxy) is 2. The van der Waals surface area contributed by atoms with Crippen molar-refractivity contribution in [2.45, 2.75) is 40.0 Å². The molecule has 0 unspecified atom stereocenters. The molecule has 5 saturated heterocycles. The Bertz CT molecular complexity index is 6900. The lowest BCUT2D eigenvalue weighted by Gasteiger charge is -2.38. The molecule has 12 aromatic rings. The number of benzene rings is 4. The lowest BCUT2D eigenvalue weighted by Crippen LogP contribution is -2.53. The average Bonchev–Trinajstić information content (AvgIpc) is 1.63. The van der Waals surface area contributed by atoms with E-state index in [9.17, 15) is 52.8 Å². The molecule has 0 atom stereocenters. The molecule has 0 bridgehead atoms. The molecule has 714 valence electrons. The number of pyridine rings is 3. The van der Waals surface area contributed by atoms with Crippen LogP contribution in [0.5, 0.6) is 0 Å².